The Labute approximate surface area is 94.5 Å². The normalized spacial score (nSPS) is 11.4. The SMILES string of the molecule is CC(C)c1nc2ccc(I)nc2s1. The molecule has 0 saturated carbocycles. The molecule has 0 aliphatic heterocycles. The zero-order valence-corrected chi connectivity index (χ0v) is 10.4. The Kier molecular flexibility index (Phi) is 2.51. The fourth-order valence-corrected chi connectivity index (χ4v) is 2.58. The van der Waals surface area contributed by atoms with Crippen molar-refractivity contribution in [3.63, 3.8) is 0 Å². The first-order valence-electron chi connectivity index (χ1n) is 4.10. The van der Waals surface area contributed by atoms with Crippen LogP contribution in [0.15, 0.2) is 12.1 Å². The molecule has 2 heterocycles. The fraction of sp³-hybridized carbons (Fsp3) is 0.333. The molecule has 0 atom stereocenters. The van der Waals surface area contributed by atoms with Gasteiger partial charge < -0.3 is 0 Å². The highest BCUT2D eigenvalue weighted by Crippen LogP contribution is 2.25. The molecule has 0 saturated heterocycles. The first-order valence-corrected chi connectivity index (χ1v) is 5.99. The van der Waals surface area contributed by atoms with Crippen molar-refractivity contribution in [3.05, 3.63) is 20.8 Å². The van der Waals surface area contributed by atoms with Crippen molar-refractivity contribution in [3.8, 4) is 0 Å². The van der Waals surface area contributed by atoms with Crippen LogP contribution in [0.5, 0.6) is 0 Å². The quantitative estimate of drug-likeness (QED) is 0.596. The Bertz CT molecular complexity index is 436. The van der Waals surface area contributed by atoms with Crippen molar-refractivity contribution in [2.24, 2.45) is 0 Å². The molecule has 4 heteroatoms. The average molecular weight is 304 g/mol. The third-order valence-electron chi connectivity index (χ3n) is 1.73. The highest BCUT2D eigenvalue weighted by Gasteiger charge is 2.07. The van der Waals surface area contributed by atoms with Crippen molar-refractivity contribution in [2.75, 3.05) is 0 Å². The zero-order chi connectivity index (χ0) is 9.42. The second-order valence-electron chi connectivity index (χ2n) is 3.17. The molecule has 0 unspecified atom stereocenters. The highest BCUT2D eigenvalue weighted by molar-refractivity contribution is 14.1. The summed E-state index contributed by atoms with van der Waals surface area (Å²) in [4.78, 5) is 9.98. The Morgan fingerprint density at radius 3 is 2.77 bits per heavy atom. The van der Waals surface area contributed by atoms with E-state index < -0.39 is 0 Å². The van der Waals surface area contributed by atoms with Crippen molar-refractivity contribution in [1.29, 1.82) is 0 Å². The van der Waals surface area contributed by atoms with Gasteiger partial charge in [0.15, 0.2) is 0 Å². The van der Waals surface area contributed by atoms with Crippen LogP contribution in [0, 0.1) is 3.70 Å². The van der Waals surface area contributed by atoms with Gasteiger partial charge in [0.25, 0.3) is 0 Å². The van der Waals surface area contributed by atoms with Gasteiger partial charge in [0.05, 0.1) is 5.01 Å². The number of pyridine rings is 1. The summed E-state index contributed by atoms with van der Waals surface area (Å²) in [5.41, 5.74) is 1.02. The van der Waals surface area contributed by atoms with Crippen molar-refractivity contribution < 1.29 is 0 Å². The van der Waals surface area contributed by atoms with E-state index in [1.54, 1.807) is 11.3 Å². The predicted molar refractivity (Wildman–Crippen MR) is 64.2 cm³/mol. The molecule has 0 bridgehead atoms. The number of rotatable bonds is 1. The molecule has 0 N–H and O–H groups in total. The van der Waals surface area contributed by atoms with Gasteiger partial charge in [0.1, 0.15) is 14.0 Å². The number of fused-ring (bicyclic) bond motifs is 1. The van der Waals surface area contributed by atoms with Crippen molar-refractivity contribution >= 4 is 44.3 Å². The lowest BCUT2D eigenvalue weighted by Crippen LogP contribution is -1.83. The van der Waals surface area contributed by atoms with E-state index in [1.165, 1.54) is 5.01 Å². The van der Waals surface area contributed by atoms with Crippen LogP contribution >= 0.6 is 33.9 Å². The van der Waals surface area contributed by atoms with Crippen LogP contribution in [0.4, 0.5) is 0 Å². The van der Waals surface area contributed by atoms with Gasteiger partial charge in [-0.3, -0.25) is 0 Å². The minimum Gasteiger partial charge on any atom is -0.239 e. The van der Waals surface area contributed by atoms with E-state index in [4.69, 9.17) is 0 Å². The first-order chi connectivity index (χ1) is 6.16. The van der Waals surface area contributed by atoms with Gasteiger partial charge >= 0.3 is 0 Å². The van der Waals surface area contributed by atoms with E-state index in [0.29, 0.717) is 5.92 Å². The molecule has 2 aromatic heterocycles. The maximum absolute atomic E-state index is 4.51. The number of aromatic nitrogens is 2. The molecule has 2 nitrogen and oxygen atoms in total. The number of nitrogens with zero attached hydrogens (tertiary/aromatic N) is 2. The van der Waals surface area contributed by atoms with Gasteiger partial charge in [-0.05, 0) is 34.7 Å². The lowest BCUT2D eigenvalue weighted by molar-refractivity contribution is 0.857. The van der Waals surface area contributed by atoms with Crippen molar-refractivity contribution in [1.82, 2.24) is 9.97 Å². The summed E-state index contributed by atoms with van der Waals surface area (Å²) in [7, 11) is 0. The maximum Gasteiger partial charge on any atom is 0.144 e. The Balaban J connectivity index is 2.62. The molecule has 0 fully saturated rings. The Morgan fingerprint density at radius 1 is 1.31 bits per heavy atom. The van der Waals surface area contributed by atoms with E-state index in [9.17, 15) is 0 Å². The monoisotopic (exact) mass is 304 g/mol. The lowest BCUT2D eigenvalue weighted by atomic mass is 10.2. The fourth-order valence-electron chi connectivity index (χ4n) is 1.06. The van der Waals surface area contributed by atoms with Crippen LogP contribution in [0.2, 0.25) is 0 Å². The van der Waals surface area contributed by atoms with Gasteiger partial charge in [-0.15, -0.1) is 0 Å². The minimum atomic E-state index is 0.497. The van der Waals surface area contributed by atoms with Crippen LogP contribution < -0.4 is 0 Å². The van der Waals surface area contributed by atoms with Crippen molar-refractivity contribution in [2.45, 2.75) is 19.8 Å². The topological polar surface area (TPSA) is 25.8 Å². The van der Waals surface area contributed by atoms with E-state index in [0.717, 1.165) is 14.0 Å². The Morgan fingerprint density at radius 2 is 2.08 bits per heavy atom. The average Bonchev–Trinajstić information content (AvgIpc) is 2.46. The molecular weight excluding hydrogens is 295 g/mol. The molecule has 0 radical (unpaired) electrons. The van der Waals surface area contributed by atoms with Gasteiger partial charge in [-0.1, -0.05) is 25.2 Å². The minimum absolute atomic E-state index is 0.497. The summed E-state index contributed by atoms with van der Waals surface area (Å²) < 4.78 is 1.03. The van der Waals surface area contributed by atoms with E-state index >= 15 is 0 Å². The molecule has 68 valence electrons. The van der Waals surface area contributed by atoms with Gasteiger partial charge in [0, 0.05) is 5.92 Å². The van der Waals surface area contributed by atoms with E-state index in [2.05, 4.69) is 46.4 Å². The molecule has 0 spiro atoms. The van der Waals surface area contributed by atoms with Gasteiger partial charge in [-0.2, -0.15) is 0 Å². The number of hydrogen-bond donors (Lipinski definition) is 0. The third-order valence-corrected chi connectivity index (χ3v) is 3.60. The summed E-state index contributed by atoms with van der Waals surface area (Å²) >= 11 is 3.91. The second kappa shape index (κ2) is 3.49. The third kappa shape index (κ3) is 1.83. The molecule has 0 amide bonds. The number of halogens is 1. The van der Waals surface area contributed by atoms with Crippen LogP contribution in [0.3, 0.4) is 0 Å². The Hall–Kier alpha value is -0.230. The highest BCUT2D eigenvalue weighted by atomic mass is 127. The van der Waals surface area contributed by atoms with Crippen LogP contribution in [-0.2, 0) is 0 Å². The molecule has 13 heavy (non-hydrogen) atoms. The first kappa shape index (κ1) is 9.33. The smallest absolute Gasteiger partial charge is 0.144 e. The summed E-state index contributed by atoms with van der Waals surface area (Å²) in [6, 6.07) is 4.03. The molecular formula is C9H9IN2S. The van der Waals surface area contributed by atoms with Crippen LogP contribution in [0.25, 0.3) is 10.3 Å². The maximum atomic E-state index is 4.51. The molecule has 2 aromatic rings. The predicted octanol–water partition coefficient (Wildman–Crippen LogP) is 3.42. The second-order valence-corrected chi connectivity index (χ2v) is 5.28. The lowest BCUT2D eigenvalue weighted by Gasteiger charge is -1.94. The van der Waals surface area contributed by atoms with E-state index in [1.807, 2.05) is 12.1 Å². The summed E-state index contributed by atoms with van der Waals surface area (Å²) in [6.07, 6.45) is 0. The van der Waals surface area contributed by atoms with Gasteiger partial charge in [-0.25, -0.2) is 9.97 Å². The number of hydrogen-bond acceptors (Lipinski definition) is 3. The zero-order valence-electron chi connectivity index (χ0n) is 7.41. The molecule has 0 aliphatic rings. The molecule has 0 aromatic carbocycles. The van der Waals surface area contributed by atoms with E-state index in [-0.39, 0.29) is 0 Å². The summed E-state index contributed by atoms with van der Waals surface area (Å²) in [6.45, 7) is 4.31. The standard InChI is InChI=1S/C9H9IN2S/c1-5(2)8-11-6-3-4-7(10)12-9(6)13-8/h3-5H,1-2H3. The van der Waals surface area contributed by atoms with Crippen LogP contribution in [-0.4, -0.2) is 9.97 Å². The van der Waals surface area contributed by atoms with Gasteiger partial charge in [0.2, 0.25) is 0 Å². The largest absolute Gasteiger partial charge is 0.239 e. The number of thiazole rings is 1. The molecule has 2 rings (SSSR count). The molecule has 0 aliphatic carbocycles. The van der Waals surface area contributed by atoms with Crippen LogP contribution in [0.1, 0.15) is 24.8 Å². The summed E-state index contributed by atoms with van der Waals surface area (Å²) in [5, 5.41) is 1.17. The summed E-state index contributed by atoms with van der Waals surface area (Å²) in [5.74, 6) is 0.497.